The van der Waals surface area contributed by atoms with Crippen LogP contribution in [-0.4, -0.2) is 79.7 Å². The Hall–Kier alpha value is -2.77. The number of rotatable bonds is 8. The average molecular weight is 550 g/mol. The van der Waals surface area contributed by atoms with E-state index in [1.54, 1.807) is 24.3 Å². The number of likely N-dealkylation sites (tertiary alicyclic amines) is 1. The van der Waals surface area contributed by atoms with Crippen molar-refractivity contribution < 1.29 is 45.3 Å². The zero-order valence-electron chi connectivity index (χ0n) is 21.0. The van der Waals surface area contributed by atoms with Crippen LogP contribution in [0.5, 0.6) is 11.5 Å². The van der Waals surface area contributed by atoms with Crippen LogP contribution >= 0.6 is 0 Å². The molecule has 3 heterocycles. The van der Waals surface area contributed by atoms with Crippen LogP contribution in [0.1, 0.15) is 34.6 Å². The number of methoxy groups -OCH3 is 1. The number of halogens is 6. The Morgan fingerprint density at radius 3 is 2.29 bits per heavy atom. The Balaban J connectivity index is 1.41. The van der Waals surface area contributed by atoms with Crippen molar-refractivity contribution in [1.82, 2.24) is 14.4 Å². The first-order valence-corrected chi connectivity index (χ1v) is 12.1. The summed E-state index contributed by atoms with van der Waals surface area (Å²) in [6.07, 6.45) is -8.30. The van der Waals surface area contributed by atoms with E-state index in [0.29, 0.717) is 57.1 Å². The lowest BCUT2D eigenvalue weighted by atomic mass is 9.81. The summed E-state index contributed by atoms with van der Waals surface area (Å²) in [6, 6.07) is 8.13. The lowest BCUT2D eigenvalue weighted by molar-refractivity contribution is -0.325. The van der Waals surface area contributed by atoms with Gasteiger partial charge >= 0.3 is 12.5 Å². The predicted octanol–water partition coefficient (Wildman–Crippen LogP) is 4.59. The largest absolute Gasteiger partial charge is 0.522 e. The molecule has 2 aliphatic rings. The molecule has 1 fully saturated rings. The summed E-state index contributed by atoms with van der Waals surface area (Å²) in [5.74, 6) is -1.14. The van der Waals surface area contributed by atoms with Crippen molar-refractivity contribution in [2.75, 3.05) is 47.0 Å². The van der Waals surface area contributed by atoms with E-state index < -0.39 is 30.5 Å². The third-order valence-corrected chi connectivity index (χ3v) is 7.26. The third-order valence-electron chi connectivity index (χ3n) is 7.26. The molecule has 2 aromatic rings. The Bertz CT molecular complexity index is 1140. The van der Waals surface area contributed by atoms with E-state index in [2.05, 4.69) is 14.5 Å². The highest BCUT2D eigenvalue weighted by Gasteiger charge is 2.47. The molecular weight excluding hydrogens is 520 g/mol. The van der Waals surface area contributed by atoms with Crippen molar-refractivity contribution in [3.8, 4) is 11.5 Å². The maximum Gasteiger partial charge on any atom is 0.522 e. The minimum Gasteiger partial charge on any atom is -0.493 e. The second kappa shape index (κ2) is 10.8. The van der Waals surface area contributed by atoms with Crippen LogP contribution in [0, 0.1) is 0 Å². The third kappa shape index (κ3) is 5.94. The lowest BCUT2D eigenvalue weighted by Gasteiger charge is -2.50. The molecule has 210 valence electrons. The molecule has 0 atom stereocenters. The first kappa shape index (κ1) is 28.2. The summed E-state index contributed by atoms with van der Waals surface area (Å²) >= 11 is 0. The van der Waals surface area contributed by atoms with Crippen molar-refractivity contribution in [1.29, 1.82) is 0 Å². The second-order valence-electron chi connectivity index (χ2n) is 9.44. The normalized spacial score (nSPS) is 18.4. The van der Waals surface area contributed by atoms with Crippen LogP contribution in [0.2, 0.25) is 0 Å². The molecule has 4 rings (SSSR count). The Kier molecular flexibility index (Phi) is 8.01. The molecule has 13 heteroatoms. The van der Waals surface area contributed by atoms with E-state index >= 15 is 0 Å². The van der Waals surface area contributed by atoms with Crippen LogP contribution in [0.15, 0.2) is 30.3 Å². The molecule has 1 aromatic carbocycles. The van der Waals surface area contributed by atoms with Gasteiger partial charge in [0, 0.05) is 38.4 Å². The number of aromatic nitrogens is 1. The smallest absolute Gasteiger partial charge is 0.493 e. The van der Waals surface area contributed by atoms with Crippen LogP contribution in [0.4, 0.5) is 26.3 Å². The van der Waals surface area contributed by atoms with Gasteiger partial charge < -0.3 is 14.0 Å². The molecule has 0 saturated carbocycles. The Labute approximate surface area is 215 Å². The lowest BCUT2D eigenvalue weighted by Crippen LogP contribution is -2.56. The van der Waals surface area contributed by atoms with Gasteiger partial charge in [0.25, 0.3) is 5.78 Å². The summed E-state index contributed by atoms with van der Waals surface area (Å²) in [5, 5.41) is 0. The van der Waals surface area contributed by atoms with Gasteiger partial charge in [-0.3, -0.25) is 19.3 Å². The van der Waals surface area contributed by atoms with Gasteiger partial charge in [0.1, 0.15) is 6.61 Å². The minimum atomic E-state index is -4.92. The van der Waals surface area contributed by atoms with Gasteiger partial charge in [-0.25, -0.2) is 0 Å². The minimum absolute atomic E-state index is 0.297. The number of alkyl halides is 6. The number of fused-ring (bicyclic) bond motifs is 2. The van der Waals surface area contributed by atoms with E-state index in [4.69, 9.17) is 9.47 Å². The van der Waals surface area contributed by atoms with Crippen molar-refractivity contribution in [2.24, 2.45) is 0 Å². The number of benzene rings is 1. The molecule has 0 radical (unpaired) electrons. The van der Waals surface area contributed by atoms with Crippen molar-refractivity contribution in [3.63, 3.8) is 0 Å². The first-order valence-electron chi connectivity index (χ1n) is 12.1. The molecular formula is C25H29F6N3O4. The maximum atomic E-state index is 13.1. The number of Topliss-reactive ketones (excluding diaryl/α,β-unsaturated/α-hetero) is 1. The molecule has 0 bridgehead atoms. The highest BCUT2D eigenvalue weighted by atomic mass is 19.4. The highest BCUT2D eigenvalue weighted by Crippen LogP contribution is 2.42. The topological polar surface area (TPSA) is 56.2 Å². The second-order valence-corrected chi connectivity index (χ2v) is 9.44. The van der Waals surface area contributed by atoms with E-state index in [9.17, 15) is 31.1 Å². The Morgan fingerprint density at radius 1 is 0.947 bits per heavy atom. The van der Waals surface area contributed by atoms with Gasteiger partial charge in [-0.05, 0) is 49.7 Å². The number of ether oxygens (including phenoxy) is 3. The highest BCUT2D eigenvalue weighted by molar-refractivity contribution is 5.99. The van der Waals surface area contributed by atoms with Gasteiger partial charge in [0.05, 0.1) is 24.9 Å². The number of ketones is 1. The average Bonchev–Trinajstić information content (AvgIpc) is 3.29. The summed E-state index contributed by atoms with van der Waals surface area (Å²) in [5.41, 5.74) is 0.861. The number of hydrogen-bond acceptors (Lipinski definition) is 6. The standard InChI is InChI=1S/C25H29F6N3O4/c1-32-11-12-34-18(22(35)24(26,27)28)4-6-21(34)23(32)7-9-33(10-8-23)16-17-3-5-19(20(15-17)36-2)37-13-14-38-25(29,30)31/h3-6,15H,7-14,16H2,1-2H3. The van der Waals surface area contributed by atoms with Gasteiger partial charge in [0.2, 0.25) is 0 Å². The van der Waals surface area contributed by atoms with E-state index in [-0.39, 0.29) is 12.3 Å². The zero-order valence-corrected chi connectivity index (χ0v) is 21.0. The van der Waals surface area contributed by atoms with Crippen molar-refractivity contribution in [3.05, 3.63) is 47.3 Å². The summed E-state index contributed by atoms with van der Waals surface area (Å²) < 4.78 is 91.6. The van der Waals surface area contributed by atoms with Crippen LogP contribution in [0.3, 0.4) is 0 Å². The fourth-order valence-corrected chi connectivity index (χ4v) is 5.33. The first-order chi connectivity index (χ1) is 17.8. The molecule has 0 N–H and O–H groups in total. The zero-order chi connectivity index (χ0) is 27.7. The monoisotopic (exact) mass is 549 g/mol. The molecule has 38 heavy (non-hydrogen) atoms. The molecule has 1 spiro atoms. The molecule has 0 amide bonds. The van der Waals surface area contributed by atoms with Crippen LogP contribution in [-0.2, 0) is 23.4 Å². The summed E-state index contributed by atoms with van der Waals surface area (Å²) in [4.78, 5) is 16.3. The summed E-state index contributed by atoms with van der Waals surface area (Å²) in [7, 11) is 3.40. The molecule has 7 nitrogen and oxygen atoms in total. The van der Waals surface area contributed by atoms with Crippen molar-refractivity contribution in [2.45, 2.75) is 44.0 Å². The van der Waals surface area contributed by atoms with Gasteiger partial charge in [-0.15, -0.1) is 13.2 Å². The van der Waals surface area contributed by atoms with E-state index in [1.807, 2.05) is 7.05 Å². The number of carbonyl (C=O) groups excluding carboxylic acids is 1. The van der Waals surface area contributed by atoms with Gasteiger partial charge in [0.15, 0.2) is 11.5 Å². The number of likely N-dealkylation sites (N-methyl/N-ethyl adjacent to an activating group) is 1. The SMILES string of the molecule is COc1cc(CN2CCC3(CC2)c2ccc(C(=O)C(F)(F)F)n2CCN3C)ccc1OCCOC(F)(F)F. The van der Waals surface area contributed by atoms with Crippen LogP contribution in [0.25, 0.3) is 0 Å². The summed E-state index contributed by atoms with van der Waals surface area (Å²) in [6.45, 7) is 1.83. The van der Waals surface area contributed by atoms with Gasteiger partial charge in [-0.2, -0.15) is 13.2 Å². The van der Waals surface area contributed by atoms with Crippen LogP contribution < -0.4 is 9.47 Å². The maximum absolute atomic E-state index is 13.1. The molecule has 1 saturated heterocycles. The fraction of sp³-hybridized carbons (Fsp3) is 0.560. The van der Waals surface area contributed by atoms with E-state index in [0.717, 1.165) is 11.3 Å². The molecule has 0 aliphatic carbocycles. The molecule has 1 aromatic heterocycles. The predicted molar refractivity (Wildman–Crippen MR) is 124 cm³/mol. The number of hydrogen-bond donors (Lipinski definition) is 0. The fourth-order valence-electron chi connectivity index (χ4n) is 5.33. The molecule has 2 aliphatic heterocycles. The quantitative estimate of drug-likeness (QED) is 0.273. The number of nitrogens with zero attached hydrogens (tertiary/aromatic N) is 3. The Morgan fingerprint density at radius 2 is 1.66 bits per heavy atom. The number of piperidine rings is 1. The van der Waals surface area contributed by atoms with Gasteiger partial charge in [-0.1, -0.05) is 6.07 Å². The number of carbonyl (C=O) groups is 1. The van der Waals surface area contributed by atoms with Crippen molar-refractivity contribution >= 4 is 5.78 Å². The molecule has 0 unspecified atom stereocenters. The van der Waals surface area contributed by atoms with E-state index in [1.165, 1.54) is 17.7 Å².